The summed E-state index contributed by atoms with van der Waals surface area (Å²) in [4.78, 5) is 31.8. The number of aliphatic hydroxyl groups excluding tert-OH is 3. The standard InChI is InChI=1S/C10H14O4.C6H14O3.C6H10O2/c1-7(2)9(11)13-5-6-14-10(12)8(3)4;1-2-6(3-7,4-8)5-9;1-4(2)5(3)6(7)8/h1,3,5-6H2,2,4H3;7-9H,2-5H2,1H3;1-3H3,(H,7,8). The van der Waals surface area contributed by atoms with Gasteiger partial charge in [0.2, 0.25) is 0 Å². The summed E-state index contributed by atoms with van der Waals surface area (Å²) < 4.78 is 9.38. The lowest BCUT2D eigenvalue weighted by atomic mass is 9.88. The summed E-state index contributed by atoms with van der Waals surface area (Å²) >= 11 is 0. The van der Waals surface area contributed by atoms with Crippen molar-refractivity contribution in [3.8, 4) is 0 Å². The third-order valence-corrected chi connectivity index (χ3v) is 4.07. The predicted molar refractivity (Wildman–Crippen MR) is 117 cm³/mol. The van der Waals surface area contributed by atoms with Gasteiger partial charge < -0.3 is 29.9 Å². The number of carbonyl (C=O) groups is 3. The fourth-order valence-electron chi connectivity index (χ4n) is 1.21. The molecule has 0 aliphatic heterocycles. The fourth-order valence-corrected chi connectivity index (χ4v) is 1.21. The van der Waals surface area contributed by atoms with Gasteiger partial charge in [-0.15, -0.1) is 0 Å². The van der Waals surface area contributed by atoms with Crippen molar-refractivity contribution < 1.29 is 44.3 Å². The Morgan fingerprint density at radius 1 is 0.774 bits per heavy atom. The van der Waals surface area contributed by atoms with Crippen LogP contribution in [0.5, 0.6) is 0 Å². The lowest BCUT2D eigenvalue weighted by Gasteiger charge is -2.24. The summed E-state index contributed by atoms with van der Waals surface area (Å²) in [7, 11) is 0. The molecule has 180 valence electrons. The van der Waals surface area contributed by atoms with E-state index in [0.717, 1.165) is 5.57 Å². The van der Waals surface area contributed by atoms with E-state index in [1.807, 2.05) is 6.92 Å². The third kappa shape index (κ3) is 16.9. The Balaban J connectivity index is -0.000000401. The summed E-state index contributed by atoms with van der Waals surface area (Å²) in [5, 5.41) is 34.3. The first kappa shape index (κ1) is 33.2. The zero-order valence-electron chi connectivity index (χ0n) is 19.5. The van der Waals surface area contributed by atoms with Crippen molar-refractivity contribution in [1.29, 1.82) is 0 Å². The van der Waals surface area contributed by atoms with Gasteiger partial charge in [0.15, 0.2) is 0 Å². The van der Waals surface area contributed by atoms with Crippen LogP contribution >= 0.6 is 0 Å². The number of carbonyl (C=O) groups excluding carboxylic acids is 2. The van der Waals surface area contributed by atoms with E-state index < -0.39 is 23.3 Å². The zero-order chi connectivity index (χ0) is 25.2. The fraction of sp³-hybridized carbons (Fsp3) is 0.591. The van der Waals surface area contributed by atoms with E-state index in [0.29, 0.717) is 23.1 Å². The Bertz CT molecular complexity index is 579. The van der Waals surface area contributed by atoms with Crippen LogP contribution in [0.4, 0.5) is 0 Å². The quantitative estimate of drug-likeness (QED) is 0.224. The molecule has 0 aliphatic carbocycles. The first-order chi connectivity index (χ1) is 14.2. The van der Waals surface area contributed by atoms with Crippen LogP contribution in [0.15, 0.2) is 35.5 Å². The minimum Gasteiger partial charge on any atom is -0.478 e. The molecule has 0 amide bonds. The molecule has 0 rings (SSSR count). The minimum absolute atomic E-state index is 0.0325. The molecule has 0 aromatic rings. The molecule has 31 heavy (non-hydrogen) atoms. The Kier molecular flexibility index (Phi) is 19.6. The van der Waals surface area contributed by atoms with Crippen LogP contribution in [0, 0.1) is 5.41 Å². The second kappa shape index (κ2) is 18.3. The van der Waals surface area contributed by atoms with E-state index in [9.17, 15) is 14.4 Å². The van der Waals surface area contributed by atoms with Gasteiger partial charge in [0.05, 0.1) is 19.8 Å². The van der Waals surface area contributed by atoms with Gasteiger partial charge in [0, 0.05) is 22.1 Å². The lowest BCUT2D eigenvalue weighted by molar-refractivity contribution is -0.147. The maximum absolute atomic E-state index is 10.8. The van der Waals surface area contributed by atoms with Crippen LogP contribution in [0.25, 0.3) is 0 Å². The Labute approximate surface area is 184 Å². The highest BCUT2D eigenvalue weighted by molar-refractivity contribution is 5.87. The van der Waals surface area contributed by atoms with Crippen LogP contribution in [0.3, 0.4) is 0 Å². The number of esters is 2. The van der Waals surface area contributed by atoms with Crippen LogP contribution < -0.4 is 0 Å². The number of carboxylic acid groups (broad SMARTS) is 1. The van der Waals surface area contributed by atoms with Crippen LogP contribution in [-0.4, -0.2) is 71.4 Å². The number of allylic oxidation sites excluding steroid dienone is 1. The van der Waals surface area contributed by atoms with Crippen molar-refractivity contribution in [2.45, 2.75) is 48.0 Å². The largest absolute Gasteiger partial charge is 0.478 e. The topological polar surface area (TPSA) is 151 Å². The average Bonchev–Trinajstić information content (AvgIpc) is 2.72. The monoisotopic (exact) mass is 446 g/mol. The molecule has 0 bridgehead atoms. The number of hydrogen-bond donors (Lipinski definition) is 4. The summed E-state index contributed by atoms with van der Waals surface area (Å²) in [6.45, 7) is 16.5. The molecule has 0 fully saturated rings. The van der Waals surface area contributed by atoms with Gasteiger partial charge >= 0.3 is 17.9 Å². The second-order valence-corrected chi connectivity index (χ2v) is 7.09. The zero-order valence-corrected chi connectivity index (χ0v) is 19.5. The van der Waals surface area contributed by atoms with Gasteiger partial charge in [0.1, 0.15) is 13.2 Å². The molecule has 0 aromatic carbocycles. The van der Waals surface area contributed by atoms with Gasteiger partial charge in [-0.3, -0.25) is 0 Å². The highest BCUT2D eigenvalue weighted by atomic mass is 16.6. The number of carboxylic acids is 1. The van der Waals surface area contributed by atoms with Crippen molar-refractivity contribution >= 4 is 17.9 Å². The normalized spacial score (nSPS) is 9.71. The van der Waals surface area contributed by atoms with Gasteiger partial charge in [-0.05, 0) is 41.0 Å². The van der Waals surface area contributed by atoms with Gasteiger partial charge in [-0.25, -0.2) is 14.4 Å². The molecule has 0 unspecified atom stereocenters. The number of ether oxygens (including phenoxy) is 2. The highest BCUT2D eigenvalue weighted by Gasteiger charge is 2.24. The number of rotatable bonds is 10. The summed E-state index contributed by atoms with van der Waals surface area (Å²) in [6.07, 6.45) is 0.594. The predicted octanol–water partition coefficient (Wildman–Crippen LogP) is 2.01. The highest BCUT2D eigenvalue weighted by Crippen LogP contribution is 2.18. The van der Waals surface area contributed by atoms with E-state index >= 15 is 0 Å². The molecule has 0 radical (unpaired) electrons. The van der Waals surface area contributed by atoms with E-state index in [1.165, 1.54) is 0 Å². The maximum Gasteiger partial charge on any atom is 0.333 e. The van der Waals surface area contributed by atoms with Crippen molar-refractivity contribution in [3.05, 3.63) is 35.5 Å². The molecule has 0 saturated heterocycles. The molecule has 0 spiro atoms. The van der Waals surface area contributed by atoms with E-state index in [2.05, 4.69) is 22.6 Å². The molecule has 4 N–H and O–H groups in total. The molecule has 0 aliphatic rings. The second-order valence-electron chi connectivity index (χ2n) is 7.09. The number of hydrogen-bond acceptors (Lipinski definition) is 8. The van der Waals surface area contributed by atoms with Crippen molar-refractivity contribution in [3.63, 3.8) is 0 Å². The number of aliphatic hydroxyl groups is 3. The van der Waals surface area contributed by atoms with Crippen LogP contribution in [0.2, 0.25) is 0 Å². The molecule has 0 saturated carbocycles. The Morgan fingerprint density at radius 2 is 1.10 bits per heavy atom. The summed E-state index contributed by atoms with van der Waals surface area (Å²) in [6, 6.07) is 0. The minimum atomic E-state index is -0.829. The summed E-state index contributed by atoms with van der Waals surface area (Å²) in [5.41, 5.74) is 1.26. The van der Waals surface area contributed by atoms with Gasteiger partial charge in [-0.2, -0.15) is 0 Å². The smallest absolute Gasteiger partial charge is 0.333 e. The molecular formula is C22H38O9. The van der Waals surface area contributed by atoms with Gasteiger partial charge in [-0.1, -0.05) is 25.7 Å². The van der Waals surface area contributed by atoms with Crippen molar-refractivity contribution in [1.82, 2.24) is 0 Å². The maximum atomic E-state index is 10.8. The molecule has 9 nitrogen and oxygen atoms in total. The Hall–Kier alpha value is -2.49. The van der Waals surface area contributed by atoms with Gasteiger partial charge in [0.25, 0.3) is 0 Å². The van der Waals surface area contributed by atoms with Crippen molar-refractivity contribution in [2.75, 3.05) is 33.0 Å². The van der Waals surface area contributed by atoms with Crippen LogP contribution in [0.1, 0.15) is 48.0 Å². The molecular weight excluding hydrogens is 408 g/mol. The Morgan fingerprint density at radius 3 is 1.19 bits per heavy atom. The average molecular weight is 447 g/mol. The van der Waals surface area contributed by atoms with Crippen molar-refractivity contribution in [2.24, 2.45) is 5.41 Å². The first-order valence-electron chi connectivity index (χ1n) is 9.60. The SMILES string of the molecule is C=C(C)C(=O)OCCOC(=O)C(=C)C.CC(C)=C(C)C(=O)O.CCC(CO)(CO)CO. The molecule has 9 heteroatoms. The third-order valence-electron chi connectivity index (χ3n) is 4.07. The van der Waals surface area contributed by atoms with E-state index in [4.69, 9.17) is 20.4 Å². The summed E-state index contributed by atoms with van der Waals surface area (Å²) in [5.74, 6) is -1.81. The van der Waals surface area contributed by atoms with E-state index in [-0.39, 0.29) is 33.0 Å². The lowest BCUT2D eigenvalue weighted by Crippen LogP contribution is -2.32. The number of aliphatic carboxylic acids is 1. The molecule has 0 heterocycles. The molecule has 0 atom stereocenters. The van der Waals surface area contributed by atoms with E-state index in [1.54, 1.807) is 34.6 Å². The molecule has 0 aromatic heterocycles. The first-order valence-corrected chi connectivity index (χ1v) is 9.60. The van der Waals surface area contributed by atoms with Crippen LogP contribution in [-0.2, 0) is 23.9 Å².